The molecule has 1 unspecified atom stereocenters. The second-order valence-corrected chi connectivity index (χ2v) is 4.26. The van der Waals surface area contributed by atoms with Crippen LogP contribution in [0.4, 0.5) is 0 Å². The molecule has 0 heterocycles. The number of nitrogens with one attached hydrogen (secondary N) is 1. The first-order valence-electron chi connectivity index (χ1n) is 5.76. The van der Waals surface area contributed by atoms with Gasteiger partial charge >= 0.3 is 0 Å². The highest BCUT2D eigenvalue weighted by Gasteiger charge is 2.36. The fourth-order valence-electron chi connectivity index (χ4n) is 2.01. The van der Waals surface area contributed by atoms with Crippen molar-refractivity contribution in [2.45, 2.75) is 18.8 Å². The molecule has 0 saturated heterocycles. The molecule has 1 aliphatic rings. The molecule has 0 bridgehead atoms. The predicted octanol–water partition coefficient (Wildman–Crippen LogP) is 2.48. The molecule has 1 aromatic carbocycles. The molecule has 0 aliphatic heterocycles. The van der Waals surface area contributed by atoms with Crippen LogP contribution in [0.3, 0.4) is 0 Å². The van der Waals surface area contributed by atoms with E-state index in [-0.39, 0.29) is 11.8 Å². The molecule has 0 aromatic heterocycles. The van der Waals surface area contributed by atoms with Gasteiger partial charge in [-0.3, -0.25) is 4.79 Å². The summed E-state index contributed by atoms with van der Waals surface area (Å²) in [6.45, 7) is 4.16. The molecule has 2 heteroatoms. The Morgan fingerprint density at radius 2 is 2.12 bits per heavy atom. The van der Waals surface area contributed by atoms with Gasteiger partial charge in [-0.25, -0.2) is 0 Å². The van der Waals surface area contributed by atoms with Crippen LogP contribution in [0.5, 0.6) is 0 Å². The Hall–Kier alpha value is -1.57. The van der Waals surface area contributed by atoms with Crippen LogP contribution in [-0.2, 0) is 4.79 Å². The van der Waals surface area contributed by atoms with E-state index in [2.05, 4.69) is 11.9 Å². The van der Waals surface area contributed by atoms with Gasteiger partial charge in [-0.1, -0.05) is 36.4 Å². The first-order valence-corrected chi connectivity index (χ1v) is 5.76. The number of hydrogen-bond acceptors (Lipinski definition) is 1. The van der Waals surface area contributed by atoms with Crippen molar-refractivity contribution in [1.29, 1.82) is 0 Å². The summed E-state index contributed by atoms with van der Waals surface area (Å²) in [5.74, 6) is 0.696. The van der Waals surface area contributed by atoms with E-state index in [1.807, 2.05) is 30.3 Å². The van der Waals surface area contributed by atoms with Crippen LogP contribution in [0.15, 0.2) is 43.0 Å². The lowest BCUT2D eigenvalue weighted by molar-refractivity contribution is -0.122. The van der Waals surface area contributed by atoms with Crippen molar-refractivity contribution in [2.24, 2.45) is 5.92 Å². The lowest BCUT2D eigenvalue weighted by Gasteiger charge is -2.15. The third-order valence-electron chi connectivity index (χ3n) is 2.96. The molecule has 2 nitrogen and oxygen atoms in total. The summed E-state index contributed by atoms with van der Waals surface area (Å²) in [5, 5.41) is 2.90. The summed E-state index contributed by atoms with van der Waals surface area (Å²) >= 11 is 0. The zero-order valence-electron chi connectivity index (χ0n) is 9.36. The predicted molar refractivity (Wildman–Crippen MR) is 65.1 cm³/mol. The van der Waals surface area contributed by atoms with E-state index in [0.717, 1.165) is 5.56 Å². The van der Waals surface area contributed by atoms with Crippen molar-refractivity contribution in [3.63, 3.8) is 0 Å². The number of carbonyl (C=O) groups is 1. The molecule has 1 amide bonds. The lowest BCUT2D eigenvalue weighted by atomic mass is 9.93. The van der Waals surface area contributed by atoms with Gasteiger partial charge in [0.1, 0.15) is 0 Å². The summed E-state index contributed by atoms with van der Waals surface area (Å²) < 4.78 is 0. The highest BCUT2D eigenvalue weighted by atomic mass is 16.1. The second-order valence-electron chi connectivity index (χ2n) is 4.26. The third-order valence-corrected chi connectivity index (χ3v) is 2.96. The number of carbonyl (C=O) groups excluding carboxylic acids is 1. The standard InChI is InChI=1S/C14H17NO/c1-2-10-15-14(16)13(12-8-9-12)11-6-4-3-5-7-11/h2-7,12-13H,1,8-10H2,(H,15,16). The van der Waals surface area contributed by atoms with Gasteiger partial charge in [0.05, 0.1) is 5.92 Å². The number of rotatable bonds is 5. The van der Waals surface area contributed by atoms with Gasteiger partial charge in [-0.05, 0) is 24.3 Å². The number of hydrogen-bond donors (Lipinski definition) is 1. The van der Waals surface area contributed by atoms with E-state index in [4.69, 9.17) is 0 Å². The van der Waals surface area contributed by atoms with Crippen LogP contribution < -0.4 is 5.32 Å². The first-order chi connectivity index (χ1) is 7.83. The Labute approximate surface area is 96.4 Å². The molecule has 84 valence electrons. The molecular formula is C14H17NO. The van der Waals surface area contributed by atoms with Gasteiger partial charge < -0.3 is 5.32 Å². The van der Waals surface area contributed by atoms with Gasteiger partial charge in [-0.2, -0.15) is 0 Å². The first kappa shape index (κ1) is 10.9. The van der Waals surface area contributed by atoms with Crippen LogP contribution in [0.1, 0.15) is 24.3 Å². The van der Waals surface area contributed by atoms with Crippen molar-refractivity contribution in [2.75, 3.05) is 6.54 Å². The van der Waals surface area contributed by atoms with Crippen LogP contribution in [0, 0.1) is 5.92 Å². The van der Waals surface area contributed by atoms with E-state index in [1.165, 1.54) is 12.8 Å². The van der Waals surface area contributed by atoms with Crippen molar-refractivity contribution in [3.05, 3.63) is 48.6 Å². The topological polar surface area (TPSA) is 29.1 Å². The third kappa shape index (κ3) is 2.51. The summed E-state index contributed by atoms with van der Waals surface area (Å²) in [6.07, 6.45) is 4.05. The summed E-state index contributed by atoms with van der Waals surface area (Å²) in [6, 6.07) is 10.0. The quantitative estimate of drug-likeness (QED) is 0.751. The van der Waals surface area contributed by atoms with Gasteiger partial charge in [0, 0.05) is 6.54 Å². The molecule has 1 atom stereocenters. The Balaban J connectivity index is 2.11. The fourth-order valence-corrected chi connectivity index (χ4v) is 2.01. The summed E-state index contributed by atoms with van der Waals surface area (Å²) in [4.78, 5) is 12.0. The molecule has 0 radical (unpaired) electrons. The second kappa shape index (κ2) is 4.97. The summed E-state index contributed by atoms with van der Waals surface area (Å²) in [7, 11) is 0. The molecule has 2 rings (SSSR count). The van der Waals surface area contributed by atoms with E-state index in [0.29, 0.717) is 12.5 Å². The average molecular weight is 215 g/mol. The smallest absolute Gasteiger partial charge is 0.228 e. The Morgan fingerprint density at radius 3 is 2.69 bits per heavy atom. The monoisotopic (exact) mass is 215 g/mol. The van der Waals surface area contributed by atoms with Gasteiger partial charge in [0.25, 0.3) is 0 Å². The fraction of sp³-hybridized carbons (Fsp3) is 0.357. The minimum Gasteiger partial charge on any atom is -0.352 e. The molecule has 1 fully saturated rings. The Bertz CT molecular complexity index is 368. The van der Waals surface area contributed by atoms with Gasteiger partial charge in [0.2, 0.25) is 5.91 Å². The van der Waals surface area contributed by atoms with Crippen molar-refractivity contribution in [3.8, 4) is 0 Å². The largest absolute Gasteiger partial charge is 0.352 e. The average Bonchev–Trinajstić information content (AvgIpc) is 3.12. The van der Waals surface area contributed by atoms with Crippen LogP contribution in [-0.4, -0.2) is 12.5 Å². The summed E-state index contributed by atoms with van der Waals surface area (Å²) in [5.41, 5.74) is 1.13. The van der Waals surface area contributed by atoms with Crippen molar-refractivity contribution >= 4 is 5.91 Å². The molecule has 1 N–H and O–H groups in total. The van der Waals surface area contributed by atoms with Crippen LogP contribution in [0.25, 0.3) is 0 Å². The van der Waals surface area contributed by atoms with E-state index >= 15 is 0 Å². The molecule has 1 saturated carbocycles. The minimum atomic E-state index is 0.0288. The Kier molecular flexibility index (Phi) is 3.40. The van der Waals surface area contributed by atoms with Crippen molar-refractivity contribution in [1.82, 2.24) is 5.32 Å². The van der Waals surface area contributed by atoms with Crippen LogP contribution in [0.2, 0.25) is 0 Å². The molecule has 1 aromatic rings. The van der Waals surface area contributed by atoms with Gasteiger partial charge in [0.15, 0.2) is 0 Å². The molecule has 16 heavy (non-hydrogen) atoms. The van der Waals surface area contributed by atoms with Crippen LogP contribution >= 0.6 is 0 Å². The maximum Gasteiger partial charge on any atom is 0.228 e. The zero-order valence-corrected chi connectivity index (χ0v) is 9.36. The molecular weight excluding hydrogens is 198 g/mol. The number of amides is 1. The highest BCUT2D eigenvalue weighted by molar-refractivity contribution is 5.84. The van der Waals surface area contributed by atoms with E-state index in [9.17, 15) is 4.79 Å². The van der Waals surface area contributed by atoms with E-state index in [1.54, 1.807) is 6.08 Å². The number of benzene rings is 1. The maximum absolute atomic E-state index is 12.0. The highest BCUT2D eigenvalue weighted by Crippen LogP contribution is 2.42. The SMILES string of the molecule is C=CCNC(=O)C(c1ccccc1)C1CC1. The zero-order chi connectivity index (χ0) is 11.4. The molecule has 0 spiro atoms. The van der Waals surface area contributed by atoms with Gasteiger partial charge in [-0.15, -0.1) is 6.58 Å². The lowest BCUT2D eigenvalue weighted by Crippen LogP contribution is -2.30. The van der Waals surface area contributed by atoms with E-state index < -0.39 is 0 Å². The maximum atomic E-state index is 12.0. The van der Waals surface area contributed by atoms with Crippen molar-refractivity contribution < 1.29 is 4.79 Å². The minimum absolute atomic E-state index is 0.0288. The molecule has 1 aliphatic carbocycles. The normalized spacial score (nSPS) is 16.5. The Morgan fingerprint density at radius 1 is 1.44 bits per heavy atom.